The summed E-state index contributed by atoms with van der Waals surface area (Å²) in [6.45, 7) is 1.40. The van der Waals surface area contributed by atoms with Crippen LogP contribution in [0.2, 0.25) is 0 Å². The summed E-state index contributed by atoms with van der Waals surface area (Å²) in [5, 5.41) is 8.17. The van der Waals surface area contributed by atoms with E-state index in [-0.39, 0.29) is 0 Å². The second-order valence-electron chi connectivity index (χ2n) is 3.93. The molecule has 0 fully saturated rings. The van der Waals surface area contributed by atoms with Crippen LogP contribution >= 0.6 is 0 Å². The molecule has 90 valence electrons. The van der Waals surface area contributed by atoms with Crippen LogP contribution in [0.25, 0.3) is 0 Å². The van der Waals surface area contributed by atoms with Gasteiger partial charge in [0, 0.05) is 12.3 Å². The molecule has 0 aliphatic rings. The van der Waals surface area contributed by atoms with Crippen molar-refractivity contribution < 1.29 is 13.5 Å². The molecule has 1 aromatic rings. The zero-order chi connectivity index (χ0) is 12.3. The molecule has 0 radical (unpaired) electrons. The number of aryl methyl sites for hydroxylation is 1. The van der Waals surface area contributed by atoms with Gasteiger partial charge in [-0.3, -0.25) is 0 Å². The Morgan fingerprint density at radius 2 is 1.94 bits per heavy atom. The maximum absolute atomic E-state index is 11.4. The first-order valence-electron chi connectivity index (χ1n) is 4.98. The van der Waals surface area contributed by atoms with Crippen molar-refractivity contribution in [3.8, 4) is 0 Å². The third-order valence-electron chi connectivity index (χ3n) is 2.68. The largest absolute Gasteiger partial charge is 0.395 e. The molecule has 16 heavy (non-hydrogen) atoms. The number of sulfone groups is 1. The van der Waals surface area contributed by atoms with E-state index in [1.165, 1.54) is 0 Å². The molecular formula is C11H17NO3S. The van der Waals surface area contributed by atoms with Gasteiger partial charge in [0.1, 0.15) is 5.25 Å². The van der Waals surface area contributed by atoms with Crippen molar-refractivity contribution in [3.63, 3.8) is 0 Å². The zero-order valence-corrected chi connectivity index (χ0v) is 10.2. The van der Waals surface area contributed by atoms with Crippen LogP contribution < -0.4 is 5.73 Å². The second-order valence-corrected chi connectivity index (χ2v) is 6.20. The van der Waals surface area contributed by atoms with E-state index in [0.717, 1.165) is 17.4 Å². The fourth-order valence-corrected chi connectivity index (χ4v) is 2.63. The Morgan fingerprint density at radius 1 is 1.38 bits per heavy atom. The van der Waals surface area contributed by atoms with Gasteiger partial charge in [0.2, 0.25) is 0 Å². The molecule has 1 rings (SSSR count). The summed E-state index contributed by atoms with van der Waals surface area (Å²) in [6, 6.07) is 6.62. The molecule has 0 aliphatic carbocycles. The van der Waals surface area contributed by atoms with Crippen LogP contribution in [-0.2, 0) is 9.84 Å². The Morgan fingerprint density at radius 3 is 2.38 bits per heavy atom. The van der Waals surface area contributed by atoms with Crippen molar-refractivity contribution >= 4 is 9.84 Å². The Balaban J connectivity index is 3.10. The summed E-state index contributed by atoms with van der Waals surface area (Å²) >= 11 is 0. The van der Waals surface area contributed by atoms with Crippen LogP contribution in [0.15, 0.2) is 24.3 Å². The van der Waals surface area contributed by atoms with Gasteiger partial charge < -0.3 is 10.8 Å². The van der Waals surface area contributed by atoms with Crippen molar-refractivity contribution in [2.75, 3.05) is 12.9 Å². The maximum atomic E-state index is 11.4. The lowest BCUT2D eigenvalue weighted by Crippen LogP contribution is -2.36. The number of rotatable bonds is 4. The molecule has 5 heteroatoms. The Bertz CT molecular complexity index is 456. The predicted octanol–water partition coefficient (Wildman–Crippen LogP) is 0.400. The minimum Gasteiger partial charge on any atom is -0.395 e. The number of hydrogen-bond donors (Lipinski definition) is 2. The number of benzene rings is 1. The second kappa shape index (κ2) is 4.95. The molecule has 2 atom stereocenters. The Hall–Kier alpha value is -0.910. The van der Waals surface area contributed by atoms with Crippen LogP contribution in [-0.4, -0.2) is 31.6 Å². The van der Waals surface area contributed by atoms with Crippen LogP contribution in [0.4, 0.5) is 0 Å². The molecule has 0 heterocycles. The van der Waals surface area contributed by atoms with Crippen molar-refractivity contribution in [2.24, 2.45) is 5.73 Å². The standard InChI is InChI=1S/C11H17NO3S/c1-8-5-3-4-6-9(8)11(12)10(7-13)16(2,14)15/h3-6,10-11,13H,7,12H2,1-2H3/t10-,11-/m1/s1. The van der Waals surface area contributed by atoms with Gasteiger partial charge in [0.15, 0.2) is 9.84 Å². The van der Waals surface area contributed by atoms with Gasteiger partial charge >= 0.3 is 0 Å². The monoisotopic (exact) mass is 243 g/mol. The van der Waals surface area contributed by atoms with Gasteiger partial charge in [0.25, 0.3) is 0 Å². The van der Waals surface area contributed by atoms with Crippen LogP contribution in [0, 0.1) is 6.92 Å². The van der Waals surface area contributed by atoms with Crippen LogP contribution in [0.1, 0.15) is 17.2 Å². The van der Waals surface area contributed by atoms with E-state index in [0.29, 0.717) is 0 Å². The highest BCUT2D eigenvalue weighted by atomic mass is 32.2. The van der Waals surface area contributed by atoms with Crippen LogP contribution in [0.5, 0.6) is 0 Å². The van der Waals surface area contributed by atoms with E-state index >= 15 is 0 Å². The SMILES string of the molecule is Cc1ccccc1[C@@H](N)[C@@H](CO)S(C)(=O)=O. The number of aliphatic hydroxyl groups excluding tert-OH is 1. The first-order valence-corrected chi connectivity index (χ1v) is 6.94. The molecule has 0 saturated carbocycles. The van der Waals surface area contributed by atoms with Crippen molar-refractivity contribution in [1.29, 1.82) is 0 Å². The number of hydrogen-bond acceptors (Lipinski definition) is 4. The molecule has 0 aromatic heterocycles. The first-order chi connectivity index (χ1) is 7.38. The molecular weight excluding hydrogens is 226 g/mol. The average molecular weight is 243 g/mol. The quantitative estimate of drug-likeness (QED) is 0.802. The first kappa shape index (κ1) is 13.2. The van der Waals surface area contributed by atoms with E-state index in [2.05, 4.69) is 0 Å². The Kier molecular flexibility index (Phi) is 4.07. The van der Waals surface area contributed by atoms with E-state index in [9.17, 15) is 8.42 Å². The topological polar surface area (TPSA) is 80.4 Å². The average Bonchev–Trinajstić information content (AvgIpc) is 2.17. The van der Waals surface area contributed by atoms with Crippen molar-refractivity contribution in [2.45, 2.75) is 18.2 Å². The van der Waals surface area contributed by atoms with Gasteiger partial charge in [-0.1, -0.05) is 24.3 Å². The summed E-state index contributed by atoms with van der Waals surface area (Å²) in [7, 11) is -3.35. The van der Waals surface area contributed by atoms with E-state index in [1.54, 1.807) is 12.1 Å². The fraction of sp³-hybridized carbons (Fsp3) is 0.455. The van der Waals surface area contributed by atoms with Crippen molar-refractivity contribution in [3.05, 3.63) is 35.4 Å². The maximum Gasteiger partial charge on any atom is 0.154 e. The predicted molar refractivity (Wildman–Crippen MR) is 63.8 cm³/mol. The molecule has 3 N–H and O–H groups in total. The lowest BCUT2D eigenvalue weighted by molar-refractivity contribution is 0.278. The highest BCUT2D eigenvalue weighted by molar-refractivity contribution is 7.91. The smallest absolute Gasteiger partial charge is 0.154 e. The molecule has 1 aromatic carbocycles. The summed E-state index contributed by atoms with van der Waals surface area (Å²) in [5.41, 5.74) is 7.58. The minimum absolute atomic E-state index is 0.464. The van der Waals surface area contributed by atoms with E-state index in [4.69, 9.17) is 10.8 Å². The Labute approximate surface area is 96.0 Å². The van der Waals surface area contributed by atoms with E-state index in [1.807, 2.05) is 19.1 Å². The highest BCUT2D eigenvalue weighted by Crippen LogP contribution is 2.22. The fourth-order valence-electron chi connectivity index (χ4n) is 1.68. The van der Waals surface area contributed by atoms with Gasteiger partial charge in [-0.15, -0.1) is 0 Å². The molecule has 0 aliphatic heterocycles. The molecule has 0 amide bonds. The molecule has 0 spiro atoms. The van der Waals surface area contributed by atoms with E-state index < -0.39 is 27.7 Å². The molecule has 0 saturated heterocycles. The minimum atomic E-state index is -3.35. The lowest BCUT2D eigenvalue weighted by atomic mass is 10.00. The van der Waals surface area contributed by atoms with Gasteiger partial charge in [0.05, 0.1) is 6.61 Å². The lowest BCUT2D eigenvalue weighted by Gasteiger charge is -2.22. The van der Waals surface area contributed by atoms with Crippen LogP contribution in [0.3, 0.4) is 0 Å². The molecule has 4 nitrogen and oxygen atoms in total. The van der Waals surface area contributed by atoms with Crippen molar-refractivity contribution in [1.82, 2.24) is 0 Å². The summed E-state index contributed by atoms with van der Waals surface area (Å²) in [5.74, 6) is 0. The molecule has 0 unspecified atom stereocenters. The van der Waals surface area contributed by atoms with Gasteiger partial charge in [-0.25, -0.2) is 8.42 Å². The highest BCUT2D eigenvalue weighted by Gasteiger charge is 2.28. The van der Waals surface area contributed by atoms with Gasteiger partial charge in [-0.05, 0) is 18.1 Å². The molecule has 0 bridgehead atoms. The number of aliphatic hydroxyl groups is 1. The number of nitrogens with two attached hydrogens (primary N) is 1. The third kappa shape index (κ3) is 2.81. The normalized spacial score (nSPS) is 15.8. The summed E-state index contributed by atoms with van der Waals surface area (Å²) in [6.07, 6.45) is 1.09. The summed E-state index contributed by atoms with van der Waals surface area (Å²) in [4.78, 5) is 0. The van der Waals surface area contributed by atoms with Gasteiger partial charge in [-0.2, -0.15) is 0 Å². The summed E-state index contributed by atoms with van der Waals surface area (Å²) < 4.78 is 22.9. The third-order valence-corrected chi connectivity index (χ3v) is 4.22. The zero-order valence-electron chi connectivity index (χ0n) is 9.42.